The van der Waals surface area contributed by atoms with Crippen molar-refractivity contribution in [2.75, 3.05) is 49.4 Å². The van der Waals surface area contributed by atoms with Crippen molar-refractivity contribution in [2.45, 2.75) is 28.8 Å². The number of hydrogen-bond donors (Lipinski definition) is 2. The number of rotatable bonds is 8. The first kappa shape index (κ1) is 24.6. The van der Waals surface area contributed by atoms with Gasteiger partial charge >= 0.3 is 0 Å². The minimum Gasteiger partial charge on any atom is -0.490 e. The molecule has 34 heavy (non-hydrogen) atoms. The molecule has 0 saturated carbocycles. The molecular formula is C21H25ClN6O4S2. The predicted octanol–water partition coefficient (Wildman–Crippen LogP) is 3.70. The van der Waals surface area contributed by atoms with Gasteiger partial charge < -0.3 is 19.7 Å². The lowest BCUT2D eigenvalue weighted by Gasteiger charge is -2.29. The molecule has 2 N–H and O–H groups in total. The van der Waals surface area contributed by atoms with E-state index < -0.39 is 9.84 Å². The summed E-state index contributed by atoms with van der Waals surface area (Å²) in [5.74, 6) is 2.16. The second-order valence-electron chi connectivity index (χ2n) is 7.47. The molecule has 2 aromatic heterocycles. The second-order valence-corrected chi connectivity index (χ2v) is 11.2. The summed E-state index contributed by atoms with van der Waals surface area (Å²) in [5.41, 5.74) is 0.896. The van der Waals surface area contributed by atoms with E-state index in [-0.39, 0.29) is 10.6 Å². The molecule has 0 atom stereocenters. The van der Waals surface area contributed by atoms with Gasteiger partial charge in [0.05, 0.1) is 36.0 Å². The molecular weight excluding hydrogens is 500 g/mol. The summed E-state index contributed by atoms with van der Waals surface area (Å²) in [6.07, 6.45) is 0. The fourth-order valence-corrected chi connectivity index (χ4v) is 5.38. The van der Waals surface area contributed by atoms with Crippen LogP contribution in [0.5, 0.6) is 5.75 Å². The third-order valence-electron chi connectivity index (χ3n) is 5.14. The summed E-state index contributed by atoms with van der Waals surface area (Å²) in [5, 5.41) is 11.0. The van der Waals surface area contributed by atoms with Crippen LogP contribution in [0.1, 0.15) is 12.6 Å². The maximum absolute atomic E-state index is 12.2. The maximum Gasteiger partial charge on any atom is 0.204 e. The van der Waals surface area contributed by atoms with Crippen molar-refractivity contribution in [3.05, 3.63) is 35.0 Å². The zero-order chi connectivity index (χ0) is 24.3. The SMILES string of the molecule is CCS(=O)(=O)c1ccc(Sc2nc(Nc3cc(C)[nH]n3)c(OC)c(N3CCOCC3)n2)c(Cl)c1. The fraction of sp³-hybridized carbons (Fsp3) is 0.381. The molecule has 0 unspecified atom stereocenters. The van der Waals surface area contributed by atoms with Crippen LogP contribution in [-0.2, 0) is 14.6 Å². The molecule has 1 saturated heterocycles. The summed E-state index contributed by atoms with van der Waals surface area (Å²) in [6, 6.07) is 6.53. The van der Waals surface area contributed by atoms with Gasteiger partial charge in [0.25, 0.3) is 0 Å². The smallest absolute Gasteiger partial charge is 0.204 e. The highest BCUT2D eigenvalue weighted by molar-refractivity contribution is 7.99. The van der Waals surface area contributed by atoms with Gasteiger partial charge in [-0.2, -0.15) is 5.10 Å². The molecule has 3 aromatic rings. The molecule has 1 aromatic carbocycles. The van der Waals surface area contributed by atoms with E-state index in [4.69, 9.17) is 26.1 Å². The van der Waals surface area contributed by atoms with Crippen molar-refractivity contribution in [3.63, 3.8) is 0 Å². The van der Waals surface area contributed by atoms with Crippen LogP contribution in [0.25, 0.3) is 0 Å². The lowest BCUT2D eigenvalue weighted by Crippen LogP contribution is -2.37. The number of aryl methyl sites for hydroxylation is 1. The van der Waals surface area contributed by atoms with Crippen LogP contribution in [-0.4, -0.2) is 67.7 Å². The summed E-state index contributed by atoms with van der Waals surface area (Å²) >= 11 is 7.68. The Labute approximate surface area is 207 Å². The number of anilines is 3. The lowest BCUT2D eigenvalue weighted by atomic mass is 10.3. The van der Waals surface area contributed by atoms with E-state index in [1.807, 2.05) is 13.0 Å². The predicted molar refractivity (Wildman–Crippen MR) is 132 cm³/mol. The summed E-state index contributed by atoms with van der Waals surface area (Å²) in [6.45, 7) is 5.97. The highest BCUT2D eigenvalue weighted by atomic mass is 35.5. The van der Waals surface area contributed by atoms with Gasteiger partial charge in [-0.3, -0.25) is 5.10 Å². The summed E-state index contributed by atoms with van der Waals surface area (Å²) < 4.78 is 35.6. The van der Waals surface area contributed by atoms with Gasteiger partial charge in [-0.1, -0.05) is 18.5 Å². The number of sulfone groups is 1. The van der Waals surface area contributed by atoms with Crippen LogP contribution in [0.2, 0.25) is 5.02 Å². The minimum absolute atomic E-state index is 0.00200. The van der Waals surface area contributed by atoms with E-state index in [0.29, 0.717) is 64.6 Å². The number of aromatic nitrogens is 4. The molecule has 4 rings (SSSR count). The lowest BCUT2D eigenvalue weighted by molar-refractivity contribution is 0.122. The minimum atomic E-state index is -3.36. The molecule has 0 spiro atoms. The molecule has 1 fully saturated rings. The Bertz CT molecular complexity index is 1280. The quantitative estimate of drug-likeness (QED) is 0.422. The van der Waals surface area contributed by atoms with Gasteiger partial charge in [0.15, 0.2) is 32.4 Å². The van der Waals surface area contributed by atoms with E-state index in [0.717, 1.165) is 5.69 Å². The first-order chi connectivity index (χ1) is 16.3. The normalized spacial score (nSPS) is 14.3. The Hall–Kier alpha value is -2.54. The van der Waals surface area contributed by atoms with Gasteiger partial charge in [0, 0.05) is 29.7 Å². The van der Waals surface area contributed by atoms with Crippen LogP contribution in [0.4, 0.5) is 17.5 Å². The van der Waals surface area contributed by atoms with E-state index in [2.05, 4.69) is 25.4 Å². The third-order valence-corrected chi connectivity index (χ3v) is 8.24. The molecule has 182 valence electrons. The Morgan fingerprint density at radius 3 is 2.65 bits per heavy atom. The molecule has 13 heteroatoms. The van der Waals surface area contributed by atoms with Crippen LogP contribution in [0.3, 0.4) is 0 Å². The number of hydrogen-bond acceptors (Lipinski definition) is 10. The van der Waals surface area contributed by atoms with E-state index in [9.17, 15) is 8.42 Å². The third kappa shape index (κ3) is 5.40. The number of nitrogens with one attached hydrogen (secondary N) is 2. The number of morpholine rings is 1. The second kappa shape index (κ2) is 10.4. The Kier molecular flexibility index (Phi) is 7.51. The van der Waals surface area contributed by atoms with Crippen molar-refractivity contribution >= 4 is 50.7 Å². The van der Waals surface area contributed by atoms with Crippen molar-refractivity contribution in [1.82, 2.24) is 20.2 Å². The first-order valence-electron chi connectivity index (χ1n) is 10.6. The van der Waals surface area contributed by atoms with Crippen LogP contribution >= 0.6 is 23.4 Å². The van der Waals surface area contributed by atoms with Crippen molar-refractivity contribution in [2.24, 2.45) is 0 Å². The number of aromatic amines is 1. The number of methoxy groups -OCH3 is 1. The average Bonchev–Trinajstić information content (AvgIpc) is 3.25. The van der Waals surface area contributed by atoms with Gasteiger partial charge in [-0.25, -0.2) is 18.4 Å². The number of halogens is 1. The van der Waals surface area contributed by atoms with Crippen LogP contribution in [0.15, 0.2) is 39.2 Å². The molecule has 1 aliphatic rings. The van der Waals surface area contributed by atoms with Crippen LogP contribution in [0, 0.1) is 6.92 Å². The number of nitrogens with zero attached hydrogens (tertiary/aromatic N) is 4. The van der Waals surface area contributed by atoms with Crippen LogP contribution < -0.4 is 15.0 Å². The molecule has 1 aliphatic heterocycles. The largest absolute Gasteiger partial charge is 0.490 e. The highest BCUT2D eigenvalue weighted by Gasteiger charge is 2.24. The molecule has 0 bridgehead atoms. The van der Waals surface area contributed by atoms with Crippen molar-refractivity contribution in [1.29, 1.82) is 0 Å². The number of ether oxygens (including phenoxy) is 2. The zero-order valence-electron chi connectivity index (χ0n) is 19.0. The van der Waals surface area contributed by atoms with E-state index >= 15 is 0 Å². The topological polar surface area (TPSA) is 122 Å². The molecule has 0 aliphatic carbocycles. The Morgan fingerprint density at radius 1 is 1.26 bits per heavy atom. The first-order valence-corrected chi connectivity index (χ1v) is 13.4. The van der Waals surface area contributed by atoms with Crippen molar-refractivity contribution < 1.29 is 17.9 Å². The Balaban J connectivity index is 1.73. The number of H-pyrrole nitrogens is 1. The summed E-state index contributed by atoms with van der Waals surface area (Å²) in [7, 11) is -1.79. The van der Waals surface area contributed by atoms with Gasteiger partial charge in [0.1, 0.15) is 0 Å². The molecule has 3 heterocycles. The van der Waals surface area contributed by atoms with Crippen molar-refractivity contribution in [3.8, 4) is 5.75 Å². The molecule has 10 nitrogen and oxygen atoms in total. The Morgan fingerprint density at radius 2 is 2.03 bits per heavy atom. The summed E-state index contributed by atoms with van der Waals surface area (Å²) in [4.78, 5) is 12.3. The van der Waals surface area contributed by atoms with Gasteiger partial charge in [0.2, 0.25) is 5.75 Å². The van der Waals surface area contributed by atoms with E-state index in [1.54, 1.807) is 26.2 Å². The average molecular weight is 525 g/mol. The van der Waals surface area contributed by atoms with Gasteiger partial charge in [-0.05, 0) is 36.9 Å². The molecule has 0 amide bonds. The zero-order valence-corrected chi connectivity index (χ0v) is 21.4. The number of benzene rings is 1. The van der Waals surface area contributed by atoms with E-state index in [1.165, 1.54) is 17.8 Å². The maximum atomic E-state index is 12.2. The fourth-order valence-electron chi connectivity index (χ4n) is 3.35. The molecule has 0 radical (unpaired) electrons. The highest BCUT2D eigenvalue weighted by Crippen LogP contribution is 2.40. The standard InChI is InChI=1S/C21H25ClN6O4S2/c1-4-34(29,30)14-5-6-16(15(22)12-14)33-21-24-19(23-17-11-13(2)26-27-17)18(31-3)20(25-21)28-7-9-32-10-8-28/h5-6,11-12H,4,7-10H2,1-3H3,(H2,23,24,25,26,27). The van der Waals surface area contributed by atoms with Gasteiger partial charge in [-0.15, -0.1) is 0 Å². The monoisotopic (exact) mass is 524 g/mol.